The Morgan fingerprint density at radius 1 is 1.41 bits per heavy atom. The van der Waals surface area contributed by atoms with Gasteiger partial charge in [-0.3, -0.25) is 0 Å². The minimum Gasteiger partial charge on any atom is -0.324 e. The first-order chi connectivity index (χ1) is 8.08. The van der Waals surface area contributed by atoms with Gasteiger partial charge in [0.05, 0.1) is 5.02 Å². The maximum Gasteiger partial charge on any atom is 0.0542 e. The van der Waals surface area contributed by atoms with Crippen LogP contribution >= 0.6 is 34.2 Å². The highest BCUT2D eigenvalue weighted by Crippen LogP contribution is 2.36. The Bertz CT molecular complexity index is 394. The van der Waals surface area contributed by atoms with Gasteiger partial charge in [-0.15, -0.1) is 0 Å². The van der Waals surface area contributed by atoms with Crippen LogP contribution in [0, 0.1) is 15.4 Å². The lowest BCUT2D eigenvalue weighted by atomic mass is 9.77. The van der Waals surface area contributed by atoms with Gasteiger partial charge < -0.3 is 5.73 Å². The van der Waals surface area contributed by atoms with E-state index in [2.05, 4.69) is 41.6 Å². The SMILES string of the molecule is CC1CCCC(C(N)c2ccc(I)c(Cl)c2)C1. The van der Waals surface area contributed by atoms with Crippen molar-refractivity contribution in [2.24, 2.45) is 17.6 Å². The minimum atomic E-state index is 0.146. The van der Waals surface area contributed by atoms with Crippen molar-refractivity contribution in [1.82, 2.24) is 0 Å². The van der Waals surface area contributed by atoms with Crippen molar-refractivity contribution in [3.8, 4) is 0 Å². The van der Waals surface area contributed by atoms with Crippen molar-refractivity contribution >= 4 is 34.2 Å². The Morgan fingerprint density at radius 3 is 2.82 bits per heavy atom. The molecule has 0 aromatic heterocycles. The third-order valence-electron chi connectivity index (χ3n) is 3.81. The van der Waals surface area contributed by atoms with Gasteiger partial charge in [-0.25, -0.2) is 0 Å². The Hall–Kier alpha value is 0.200. The van der Waals surface area contributed by atoms with Gasteiger partial charge in [-0.05, 0) is 65.0 Å². The molecule has 1 aromatic carbocycles. The molecular weight excluding hydrogens is 345 g/mol. The van der Waals surface area contributed by atoms with Crippen molar-refractivity contribution in [2.45, 2.75) is 38.6 Å². The predicted molar refractivity (Wildman–Crippen MR) is 82.2 cm³/mol. The molecule has 0 saturated heterocycles. The summed E-state index contributed by atoms with van der Waals surface area (Å²) in [4.78, 5) is 0. The summed E-state index contributed by atoms with van der Waals surface area (Å²) in [5.41, 5.74) is 7.58. The molecule has 1 nitrogen and oxygen atoms in total. The van der Waals surface area contributed by atoms with Gasteiger partial charge in [0.1, 0.15) is 0 Å². The zero-order valence-electron chi connectivity index (χ0n) is 10.1. The molecule has 3 atom stereocenters. The summed E-state index contributed by atoms with van der Waals surface area (Å²) < 4.78 is 1.09. The number of nitrogens with two attached hydrogens (primary N) is 1. The van der Waals surface area contributed by atoms with Crippen LogP contribution in [0.1, 0.15) is 44.2 Å². The first-order valence-electron chi connectivity index (χ1n) is 6.28. The summed E-state index contributed by atoms with van der Waals surface area (Å²) in [5.74, 6) is 1.44. The van der Waals surface area contributed by atoms with E-state index in [1.165, 1.54) is 31.2 Å². The number of hydrogen-bond acceptors (Lipinski definition) is 1. The summed E-state index contributed by atoms with van der Waals surface area (Å²) in [6.45, 7) is 2.33. The van der Waals surface area contributed by atoms with E-state index in [1.807, 2.05) is 6.07 Å². The lowest BCUT2D eigenvalue weighted by Crippen LogP contribution is -2.26. The average molecular weight is 364 g/mol. The second-order valence-electron chi connectivity index (χ2n) is 5.23. The van der Waals surface area contributed by atoms with Crippen molar-refractivity contribution in [3.63, 3.8) is 0 Å². The summed E-state index contributed by atoms with van der Waals surface area (Å²) >= 11 is 8.41. The largest absolute Gasteiger partial charge is 0.324 e. The van der Waals surface area contributed by atoms with Crippen LogP contribution in [-0.2, 0) is 0 Å². The molecule has 3 heteroatoms. The van der Waals surface area contributed by atoms with Crippen molar-refractivity contribution in [1.29, 1.82) is 0 Å². The molecule has 1 fully saturated rings. The fraction of sp³-hybridized carbons (Fsp3) is 0.571. The normalized spacial score (nSPS) is 26.8. The van der Waals surface area contributed by atoms with Gasteiger partial charge in [0, 0.05) is 9.61 Å². The smallest absolute Gasteiger partial charge is 0.0542 e. The third-order valence-corrected chi connectivity index (χ3v) is 5.39. The molecule has 0 spiro atoms. The van der Waals surface area contributed by atoms with Crippen LogP contribution in [0.3, 0.4) is 0 Å². The quantitative estimate of drug-likeness (QED) is 0.753. The minimum absolute atomic E-state index is 0.146. The molecule has 2 rings (SSSR count). The van der Waals surface area contributed by atoms with Gasteiger partial charge >= 0.3 is 0 Å². The third kappa shape index (κ3) is 3.36. The molecular formula is C14H19ClIN. The van der Waals surface area contributed by atoms with E-state index in [0.717, 1.165) is 14.5 Å². The van der Waals surface area contributed by atoms with Crippen molar-refractivity contribution < 1.29 is 0 Å². The monoisotopic (exact) mass is 363 g/mol. The second-order valence-corrected chi connectivity index (χ2v) is 6.80. The molecule has 0 radical (unpaired) electrons. The zero-order chi connectivity index (χ0) is 12.4. The number of hydrogen-bond donors (Lipinski definition) is 1. The van der Waals surface area contributed by atoms with Crippen LogP contribution in [0.15, 0.2) is 18.2 Å². The fourth-order valence-electron chi connectivity index (χ4n) is 2.80. The summed E-state index contributed by atoms with van der Waals surface area (Å²) in [6, 6.07) is 6.36. The van der Waals surface area contributed by atoms with Gasteiger partial charge in [-0.2, -0.15) is 0 Å². The second kappa shape index (κ2) is 5.89. The van der Waals surface area contributed by atoms with E-state index in [9.17, 15) is 0 Å². The molecule has 1 aliphatic carbocycles. The van der Waals surface area contributed by atoms with Crippen LogP contribution in [0.25, 0.3) is 0 Å². The topological polar surface area (TPSA) is 26.0 Å². The maximum absolute atomic E-state index is 6.39. The van der Waals surface area contributed by atoms with E-state index in [0.29, 0.717) is 5.92 Å². The Balaban J connectivity index is 2.12. The Kier molecular flexibility index (Phi) is 4.72. The predicted octanol–water partition coefficient (Wildman–Crippen LogP) is 4.77. The summed E-state index contributed by atoms with van der Waals surface area (Å²) in [7, 11) is 0. The van der Waals surface area contributed by atoms with Gasteiger partial charge in [0.25, 0.3) is 0 Å². The molecule has 94 valence electrons. The summed E-state index contributed by atoms with van der Waals surface area (Å²) in [6.07, 6.45) is 5.19. The van der Waals surface area contributed by atoms with E-state index in [1.54, 1.807) is 0 Å². The Morgan fingerprint density at radius 2 is 2.18 bits per heavy atom. The molecule has 0 bridgehead atoms. The van der Waals surface area contributed by atoms with E-state index < -0.39 is 0 Å². The molecule has 17 heavy (non-hydrogen) atoms. The fourth-order valence-corrected chi connectivity index (χ4v) is 3.32. The van der Waals surface area contributed by atoms with E-state index >= 15 is 0 Å². The van der Waals surface area contributed by atoms with Gasteiger partial charge in [-0.1, -0.05) is 37.4 Å². The number of rotatable bonds is 2. The van der Waals surface area contributed by atoms with Crippen molar-refractivity contribution in [2.75, 3.05) is 0 Å². The highest BCUT2D eigenvalue weighted by atomic mass is 127. The number of halogens is 2. The first kappa shape index (κ1) is 13.6. The van der Waals surface area contributed by atoms with Gasteiger partial charge in [0.2, 0.25) is 0 Å². The highest BCUT2D eigenvalue weighted by molar-refractivity contribution is 14.1. The lowest BCUT2D eigenvalue weighted by molar-refractivity contribution is 0.248. The van der Waals surface area contributed by atoms with E-state index in [4.69, 9.17) is 17.3 Å². The lowest BCUT2D eigenvalue weighted by Gasteiger charge is -2.31. The molecule has 0 amide bonds. The zero-order valence-corrected chi connectivity index (χ0v) is 13.0. The van der Waals surface area contributed by atoms with Crippen LogP contribution < -0.4 is 5.73 Å². The highest BCUT2D eigenvalue weighted by Gasteiger charge is 2.25. The maximum atomic E-state index is 6.39. The van der Waals surface area contributed by atoms with Crippen LogP contribution in [0.5, 0.6) is 0 Å². The molecule has 0 aliphatic heterocycles. The van der Waals surface area contributed by atoms with Gasteiger partial charge in [0.15, 0.2) is 0 Å². The molecule has 3 unspecified atom stereocenters. The first-order valence-corrected chi connectivity index (χ1v) is 7.74. The van der Waals surface area contributed by atoms with Crippen LogP contribution in [-0.4, -0.2) is 0 Å². The standard InChI is InChI=1S/C14H19ClIN/c1-9-3-2-4-10(7-9)14(17)11-5-6-13(16)12(15)8-11/h5-6,8-10,14H,2-4,7,17H2,1H3. The molecule has 1 aliphatic rings. The average Bonchev–Trinajstić information content (AvgIpc) is 2.32. The molecule has 0 heterocycles. The van der Waals surface area contributed by atoms with Crippen molar-refractivity contribution in [3.05, 3.63) is 32.4 Å². The van der Waals surface area contributed by atoms with E-state index in [-0.39, 0.29) is 6.04 Å². The molecule has 1 saturated carbocycles. The summed E-state index contributed by atoms with van der Waals surface area (Å²) in [5, 5.41) is 0.822. The van der Waals surface area contributed by atoms with Crippen LogP contribution in [0.4, 0.5) is 0 Å². The molecule has 1 aromatic rings. The van der Waals surface area contributed by atoms with Crippen LogP contribution in [0.2, 0.25) is 5.02 Å². The number of benzene rings is 1. The Labute approximate surface area is 122 Å². The molecule has 2 N–H and O–H groups in total.